The van der Waals surface area contributed by atoms with Crippen LogP contribution in [0.3, 0.4) is 0 Å². The molecule has 0 radical (unpaired) electrons. The van der Waals surface area contributed by atoms with E-state index in [1.807, 2.05) is 65.5 Å². The van der Waals surface area contributed by atoms with Gasteiger partial charge in [0.1, 0.15) is 11.5 Å². The van der Waals surface area contributed by atoms with E-state index < -0.39 is 0 Å². The molecule has 0 saturated heterocycles. The summed E-state index contributed by atoms with van der Waals surface area (Å²) in [7, 11) is 0. The fraction of sp³-hybridized carbons (Fsp3) is 0.179. The number of carbonyl (C=O) groups is 1. The first-order chi connectivity index (χ1) is 17.5. The van der Waals surface area contributed by atoms with Crippen LogP contribution >= 0.6 is 11.3 Å². The van der Waals surface area contributed by atoms with Crippen molar-refractivity contribution in [2.45, 2.75) is 20.8 Å². The molecule has 0 aliphatic carbocycles. The Labute approximate surface area is 213 Å². The summed E-state index contributed by atoms with van der Waals surface area (Å²) >= 11 is 1.50. The Bertz CT molecular complexity index is 1520. The lowest BCUT2D eigenvalue weighted by molar-refractivity contribution is -0.118. The number of hydrogen-bond acceptors (Lipinski definition) is 6. The van der Waals surface area contributed by atoms with Crippen molar-refractivity contribution >= 4 is 34.8 Å². The van der Waals surface area contributed by atoms with Gasteiger partial charge in [-0.15, -0.1) is 11.3 Å². The van der Waals surface area contributed by atoms with Gasteiger partial charge < -0.3 is 14.8 Å². The standard InChI is InChI=1S/C28H26N4O3S/c1-4-34-23-10-6-20(7-11-23)15-29-32-25(21-8-12-26-24(14-21)31-27(33)16-35-26)17-36-28(32)30-22-9-5-18(2)19(3)13-22/h5-15,17H,4,16H2,1-3H3,(H,31,33). The summed E-state index contributed by atoms with van der Waals surface area (Å²) in [6, 6.07) is 19.7. The quantitative estimate of drug-likeness (QED) is 0.348. The van der Waals surface area contributed by atoms with Gasteiger partial charge in [0.05, 0.1) is 29.9 Å². The highest BCUT2D eigenvalue weighted by atomic mass is 32.1. The van der Waals surface area contributed by atoms with Crippen LogP contribution in [0.1, 0.15) is 23.6 Å². The number of rotatable bonds is 6. The Morgan fingerprint density at radius 3 is 2.69 bits per heavy atom. The number of nitrogens with one attached hydrogen (secondary N) is 1. The summed E-state index contributed by atoms with van der Waals surface area (Å²) < 4.78 is 12.9. The van der Waals surface area contributed by atoms with Gasteiger partial charge in [-0.25, -0.2) is 9.67 Å². The highest BCUT2D eigenvalue weighted by Gasteiger charge is 2.18. The van der Waals surface area contributed by atoms with Crippen LogP contribution in [0, 0.1) is 13.8 Å². The SMILES string of the molecule is CCOc1ccc(C=Nn2c(-c3ccc4c(c3)NC(=O)CO4)csc2=Nc2ccc(C)c(C)c2)cc1. The summed E-state index contributed by atoms with van der Waals surface area (Å²) in [6.45, 7) is 6.77. The number of benzene rings is 3. The van der Waals surface area contributed by atoms with Crippen molar-refractivity contribution in [3.63, 3.8) is 0 Å². The van der Waals surface area contributed by atoms with E-state index in [9.17, 15) is 4.79 Å². The molecule has 2 heterocycles. The lowest BCUT2D eigenvalue weighted by atomic mass is 10.1. The molecule has 0 bridgehead atoms. The van der Waals surface area contributed by atoms with E-state index in [4.69, 9.17) is 19.6 Å². The largest absolute Gasteiger partial charge is 0.494 e. The van der Waals surface area contributed by atoms with E-state index >= 15 is 0 Å². The minimum atomic E-state index is -0.170. The minimum Gasteiger partial charge on any atom is -0.494 e. The van der Waals surface area contributed by atoms with Crippen molar-refractivity contribution < 1.29 is 14.3 Å². The fourth-order valence-electron chi connectivity index (χ4n) is 3.78. The summed E-state index contributed by atoms with van der Waals surface area (Å²) in [5.41, 5.74) is 6.59. The first-order valence-corrected chi connectivity index (χ1v) is 12.5. The number of carbonyl (C=O) groups excluding carboxylic acids is 1. The summed E-state index contributed by atoms with van der Waals surface area (Å²) in [6.07, 6.45) is 1.80. The molecule has 5 rings (SSSR count). The zero-order valence-electron chi connectivity index (χ0n) is 20.3. The van der Waals surface area contributed by atoms with Crippen LogP contribution in [0.15, 0.2) is 76.1 Å². The van der Waals surface area contributed by atoms with Crippen LogP contribution in [0.4, 0.5) is 11.4 Å². The van der Waals surface area contributed by atoms with Crippen molar-refractivity contribution in [2.75, 3.05) is 18.5 Å². The Morgan fingerprint density at radius 2 is 1.92 bits per heavy atom. The van der Waals surface area contributed by atoms with Gasteiger partial charge >= 0.3 is 0 Å². The molecule has 1 N–H and O–H groups in total. The number of aryl methyl sites for hydroxylation is 2. The molecule has 0 fully saturated rings. The summed E-state index contributed by atoms with van der Waals surface area (Å²) in [5.74, 6) is 1.30. The highest BCUT2D eigenvalue weighted by molar-refractivity contribution is 7.07. The van der Waals surface area contributed by atoms with Gasteiger partial charge in [-0.2, -0.15) is 5.10 Å². The van der Waals surface area contributed by atoms with Crippen LogP contribution in [0.2, 0.25) is 0 Å². The lowest BCUT2D eigenvalue weighted by Crippen LogP contribution is -2.25. The molecule has 1 aliphatic rings. The molecule has 3 aromatic carbocycles. The lowest BCUT2D eigenvalue weighted by Gasteiger charge is -2.18. The number of anilines is 1. The van der Waals surface area contributed by atoms with E-state index in [-0.39, 0.29) is 12.5 Å². The number of aromatic nitrogens is 1. The number of ether oxygens (including phenoxy) is 2. The Balaban J connectivity index is 1.58. The predicted octanol–water partition coefficient (Wildman–Crippen LogP) is 5.68. The maximum Gasteiger partial charge on any atom is 0.262 e. The smallest absolute Gasteiger partial charge is 0.262 e. The highest BCUT2D eigenvalue weighted by Crippen LogP contribution is 2.33. The van der Waals surface area contributed by atoms with E-state index in [2.05, 4.69) is 31.3 Å². The average molecular weight is 499 g/mol. The third kappa shape index (κ3) is 5.08. The van der Waals surface area contributed by atoms with Gasteiger partial charge in [-0.05, 0) is 92.1 Å². The molecule has 0 spiro atoms. The normalized spacial score (nSPS) is 13.4. The second-order valence-corrected chi connectivity index (χ2v) is 9.23. The molecule has 182 valence electrons. The van der Waals surface area contributed by atoms with Crippen LogP contribution in [0.25, 0.3) is 11.3 Å². The zero-order valence-corrected chi connectivity index (χ0v) is 21.1. The number of amides is 1. The molecular formula is C28H26N4O3S. The van der Waals surface area contributed by atoms with Gasteiger partial charge in [0.25, 0.3) is 5.91 Å². The van der Waals surface area contributed by atoms with Gasteiger partial charge in [0.15, 0.2) is 6.61 Å². The predicted molar refractivity (Wildman–Crippen MR) is 144 cm³/mol. The summed E-state index contributed by atoms with van der Waals surface area (Å²) in [4.78, 5) is 17.5. The number of nitrogens with zero attached hydrogens (tertiary/aromatic N) is 3. The number of fused-ring (bicyclic) bond motifs is 1. The third-order valence-corrected chi connectivity index (χ3v) is 6.64. The van der Waals surface area contributed by atoms with Crippen molar-refractivity contribution in [2.24, 2.45) is 10.1 Å². The van der Waals surface area contributed by atoms with Crippen molar-refractivity contribution in [1.82, 2.24) is 4.68 Å². The van der Waals surface area contributed by atoms with Gasteiger partial charge in [-0.3, -0.25) is 4.79 Å². The second kappa shape index (κ2) is 10.2. The molecule has 0 atom stereocenters. The zero-order chi connectivity index (χ0) is 25.1. The Kier molecular flexibility index (Phi) is 6.69. The van der Waals surface area contributed by atoms with Crippen molar-refractivity contribution in [3.05, 3.63) is 87.5 Å². The van der Waals surface area contributed by atoms with Gasteiger partial charge in [0.2, 0.25) is 4.80 Å². The summed E-state index contributed by atoms with van der Waals surface area (Å²) in [5, 5.41) is 9.69. The average Bonchev–Trinajstić information content (AvgIpc) is 3.27. The van der Waals surface area contributed by atoms with E-state index in [0.717, 1.165) is 33.1 Å². The van der Waals surface area contributed by atoms with E-state index in [1.165, 1.54) is 22.5 Å². The Hall–Kier alpha value is -4.17. The van der Waals surface area contributed by atoms with Crippen LogP contribution in [-0.4, -0.2) is 30.0 Å². The number of hydrogen-bond donors (Lipinski definition) is 1. The number of thiazole rings is 1. The van der Waals surface area contributed by atoms with Gasteiger partial charge in [0, 0.05) is 10.9 Å². The molecule has 1 amide bonds. The third-order valence-electron chi connectivity index (χ3n) is 5.82. The van der Waals surface area contributed by atoms with E-state index in [0.29, 0.717) is 18.0 Å². The van der Waals surface area contributed by atoms with Gasteiger partial charge in [-0.1, -0.05) is 6.07 Å². The molecule has 0 saturated carbocycles. The molecule has 1 aromatic heterocycles. The minimum absolute atomic E-state index is 0.0240. The van der Waals surface area contributed by atoms with E-state index in [1.54, 1.807) is 6.21 Å². The topological polar surface area (TPSA) is 77.2 Å². The fourth-order valence-corrected chi connectivity index (χ4v) is 4.63. The molecule has 8 heteroatoms. The first-order valence-electron chi connectivity index (χ1n) is 11.7. The van der Waals surface area contributed by atoms with Crippen LogP contribution in [0.5, 0.6) is 11.5 Å². The molecule has 4 aromatic rings. The van der Waals surface area contributed by atoms with Crippen LogP contribution in [-0.2, 0) is 4.79 Å². The maximum absolute atomic E-state index is 11.8. The van der Waals surface area contributed by atoms with Crippen molar-refractivity contribution in [1.29, 1.82) is 0 Å². The molecule has 7 nitrogen and oxygen atoms in total. The molecular weight excluding hydrogens is 472 g/mol. The molecule has 36 heavy (non-hydrogen) atoms. The maximum atomic E-state index is 11.8. The molecule has 0 unspecified atom stereocenters. The second-order valence-electron chi connectivity index (χ2n) is 8.39. The molecule has 1 aliphatic heterocycles. The van der Waals surface area contributed by atoms with Crippen molar-refractivity contribution in [3.8, 4) is 22.8 Å². The Morgan fingerprint density at radius 1 is 1.08 bits per heavy atom. The monoisotopic (exact) mass is 498 g/mol. The first kappa shape index (κ1) is 23.6. The van der Waals surface area contributed by atoms with Crippen LogP contribution < -0.4 is 19.6 Å².